The van der Waals surface area contributed by atoms with Gasteiger partial charge in [0.05, 0.1) is 17.1 Å². The number of fused-ring (bicyclic) bond motifs is 2. The van der Waals surface area contributed by atoms with Crippen LogP contribution in [0.1, 0.15) is 82.4 Å². The largest absolute Gasteiger partial charge is 0.453 e. The number of anilines is 2. The first-order chi connectivity index (χ1) is 15.9. The molecule has 6 heteroatoms. The Balaban J connectivity index is 2.09. The average molecular weight is 474 g/mol. The van der Waals surface area contributed by atoms with Crippen LogP contribution in [0.15, 0.2) is 30.3 Å². The van der Waals surface area contributed by atoms with Crippen LogP contribution in [0.25, 0.3) is 0 Å². The third kappa shape index (κ3) is 6.73. The van der Waals surface area contributed by atoms with E-state index in [1.54, 1.807) is 0 Å². The number of benzene rings is 2. The highest BCUT2D eigenvalue weighted by Crippen LogP contribution is 2.50. The zero-order valence-electron chi connectivity index (χ0n) is 20.4. The van der Waals surface area contributed by atoms with Crippen molar-refractivity contribution in [3.05, 3.63) is 47.0 Å². The van der Waals surface area contributed by atoms with Crippen molar-refractivity contribution in [3.8, 4) is 11.5 Å². The fourth-order valence-corrected chi connectivity index (χ4v) is 5.02. The Morgan fingerprint density at radius 3 is 2.21 bits per heavy atom. The van der Waals surface area contributed by atoms with E-state index in [-0.39, 0.29) is 5.75 Å². The van der Waals surface area contributed by atoms with Crippen LogP contribution in [0.5, 0.6) is 11.5 Å². The molecule has 0 aromatic heterocycles. The van der Waals surface area contributed by atoms with Crippen molar-refractivity contribution in [2.75, 3.05) is 17.2 Å². The zero-order valence-corrected chi connectivity index (χ0v) is 21.2. The van der Waals surface area contributed by atoms with Crippen molar-refractivity contribution < 1.29 is 17.7 Å². The van der Waals surface area contributed by atoms with Crippen LogP contribution in [0.4, 0.5) is 11.4 Å². The second kappa shape index (κ2) is 11.9. The van der Waals surface area contributed by atoms with Crippen molar-refractivity contribution in [2.24, 2.45) is 0 Å². The van der Waals surface area contributed by atoms with Crippen molar-refractivity contribution in [2.45, 2.75) is 85.0 Å². The van der Waals surface area contributed by atoms with Gasteiger partial charge in [-0.2, -0.15) is 8.42 Å². The van der Waals surface area contributed by atoms with Gasteiger partial charge in [0.25, 0.3) is 10.1 Å². The predicted octanol–water partition coefficient (Wildman–Crippen LogP) is 7.24. The molecule has 0 atom stereocenters. The lowest BCUT2D eigenvalue weighted by atomic mass is 9.96. The third-order valence-corrected chi connectivity index (χ3v) is 7.07. The van der Waals surface area contributed by atoms with Crippen LogP contribution in [0.2, 0.25) is 0 Å². The SMILES string of the molecule is CCCCc1cc(CCCC)c2c(c1)N(CCCS(=O)(=O)O)c1c(CCCC)cccc1O2. The van der Waals surface area contributed by atoms with Gasteiger partial charge in [0.15, 0.2) is 11.5 Å². The van der Waals surface area contributed by atoms with E-state index in [0.29, 0.717) is 13.0 Å². The summed E-state index contributed by atoms with van der Waals surface area (Å²) >= 11 is 0. The molecule has 0 bridgehead atoms. The zero-order chi connectivity index (χ0) is 23.8. The van der Waals surface area contributed by atoms with Gasteiger partial charge in [-0.1, -0.05) is 58.2 Å². The van der Waals surface area contributed by atoms with E-state index in [2.05, 4.69) is 43.9 Å². The smallest absolute Gasteiger partial charge is 0.264 e. The van der Waals surface area contributed by atoms with E-state index in [1.165, 1.54) is 16.7 Å². The van der Waals surface area contributed by atoms with Crippen LogP contribution in [-0.4, -0.2) is 25.3 Å². The molecule has 1 N–H and O–H groups in total. The molecular formula is C27H39NO4S. The minimum Gasteiger partial charge on any atom is -0.453 e. The van der Waals surface area contributed by atoms with Crippen LogP contribution in [0.3, 0.4) is 0 Å². The standard InChI is InChI=1S/C27H39NO4S/c1-4-7-12-21-19-23(14-9-6-3)27-24(20-21)28(17-11-18-33(29,30)31)26-22(13-8-5-2)15-10-16-25(26)32-27/h10,15-16,19-20H,4-9,11-14,17-18H2,1-3H3,(H,29,30,31). The number of para-hydroxylation sites is 1. The van der Waals surface area contributed by atoms with Gasteiger partial charge in [-0.05, 0) is 73.8 Å². The van der Waals surface area contributed by atoms with Crippen molar-refractivity contribution in [1.29, 1.82) is 0 Å². The van der Waals surface area contributed by atoms with Gasteiger partial charge in [0.2, 0.25) is 0 Å². The molecule has 2 aromatic rings. The number of rotatable bonds is 13. The number of aryl methyl sites for hydroxylation is 3. The molecule has 0 spiro atoms. The van der Waals surface area contributed by atoms with Gasteiger partial charge < -0.3 is 9.64 Å². The maximum atomic E-state index is 11.4. The minimum atomic E-state index is -4.00. The monoisotopic (exact) mass is 473 g/mol. The molecule has 5 nitrogen and oxygen atoms in total. The summed E-state index contributed by atoms with van der Waals surface area (Å²) in [5.74, 6) is 1.49. The van der Waals surface area contributed by atoms with E-state index in [1.807, 2.05) is 12.1 Å². The first-order valence-electron chi connectivity index (χ1n) is 12.6. The van der Waals surface area contributed by atoms with E-state index in [0.717, 1.165) is 80.7 Å². The maximum Gasteiger partial charge on any atom is 0.264 e. The van der Waals surface area contributed by atoms with Crippen molar-refractivity contribution in [1.82, 2.24) is 0 Å². The second-order valence-corrected chi connectivity index (χ2v) is 10.6. The summed E-state index contributed by atoms with van der Waals surface area (Å²) in [5.41, 5.74) is 5.83. The highest BCUT2D eigenvalue weighted by Gasteiger charge is 2.29. The number of hydrogen-bond acceptors (Lipinski definition) is 4. The first kappa shape index (κ1) is 25.6. The van der Waals surface area contributed by atoms with Crippen molar-refractivity contribution >= 4 is 21.5 Å². The normalized spacial score (nSPS) is 12.9. The molecule has 1 aliphatic rings. The van der Waals surface area contributed by atoms with Gasteiger partial charge in [-0.3, -0.25) is 4.55 Å². The van der Waals surface area contributed by atoms with Crippen LogP contribution >= 0.6 is 0 Å². The summed E-state index contributed by atoms with van der Waals surface area (Å²) in [7, 11) is -4.00. The summed E-state index contributed by atoms with van der Waals surface area (Å²) in [6, 6.07) is 10.7. The molecule has 33 heavy (non-hydrogen) atoms. The fraction of sp³-hybridized carbons (Fsp3) is 0.556. The highest BCUT2D eigenvalue weighted by molar-refractivity contribution is 7.85. The number of ether oxygens (including phenoxy) is 1. The van der Waals surface area contributed by atoms with Crippen LogP contribution in [0, 0.1) is 0 Å². The van der Waals surface area contributed by atoms with Gasteiger partial charge in [0, 0.05) is 6.54 Å². The summed E-state index contributed by atoms with van der Waals surface area (Å²) in [5, 5.41) is 0. The minimum absolute atomic E-state index is 0.246. The van der Waals surface area contributed by atoms with Crippen molar-refractivity contribution in [3.63, 3.8) is 0 Å². The molecular weight excluding hydrogens is 434 g/mol. The average Bonchev–Trinajstić information content (AvgIpc) is 2.78. The molecule has 0 amide bonds. The Hall–Kier alpha value is -2.05. The third-order valence-electron chi connectivity index (χ3n) is 6.26. The molecule has 1 heterocycles. The molecule has 0 unspecified atom stereocenters. The van der Waals surface area contributed by atoms with Gasteiger partial charge >= 0.3 is 0 Å². The molecule has 0 radical (unpaired) electrons. The fourth-order valence-electron chi connectivity index (χ4n) is 4.53. The lowest BCUT2D eigenvalue weighted by Gasteiger charge is -2.36. The van der Waals surface area contributed by atoms with Gasteiger partial charge in [-0.25, -0.2) is 0 Å². The van der Waals surface area contributed by atoms with Crippen LogP contribution in [-0.2, 0) is 29.4 Å². The molecule has 0 fully saturated rings. The number of unbranched alkanes of at least 4 members (excludes halogenated alkanes) is 3. The summed E-state index contributed by atoms with van der Waals surface area (Å²) < 4.78 is 38.7. The highest BCUT2D eigenvalue weighted by atomic mass is 32.2. The number of nitrogens with zero attached hydrogens (tertiary/aromatic N) is 1. The molecule has 1 aliphatic heterocycles. The van der Waals surface area contributed by atoms with Gasteiger partial charge in [0.1, 0.15) is 0 Å². The topological polar surface area (TPSA) is 66.8 Å². The molecule has 182 valence electrons. The van der Waals surface area contributed by atoms with E-state index in [9.17, 15) is 13.0 Å². The summed E-state index contributed by atoms with van der Waals surface area (Å²) in [6.07, 6.45) is 9.95. The number of hydrogen-bond donors (Lipinski definition) is 1. The molecule has 2 aromatic carbocycles. The molecule has 0 saturated heterocycles. The Morgan fingerprint density at radius 2 is 1.55 bits per heavy atom. The molecule has 0 aliphatic carbocycles. The Kier molecular flexibility index (Phi) is 9.21. The Labute approximate surface area is 199 Å². The van der Waals surface area contributed by atoms with Crippen LogP contribution < -0.4 is 9.64 Å². The Bertz CT molecular complexity index is 1030. The molecule has 0 saturated carbocycles. The van der Waals surface area contributed by atoms with Gasteiger partial charge in [-0.15, -0.1) is 0 Å². The Morgan fingerprint density at radius 1 is 0.879 bits per heavy atom. The van der Waals surface area contributed by atoms with E-state index in [4.69, 9.17) is 4.74 Å². The van der Waals surface area contributed by atoms with E-state index < -0.39 is 10.1 Å². The lowest BCUT2D eigenvalue weighted by molar-refractivity contribution is 0.463. The first-order valence-corrected chi connectivity index (χ1v) is 14.2. The quantitative estimate of drug-likeness (QED) is 0.311. The summed E-state index contributed by atoms with van der Waals surface area (Å²) in [4.78, 5) is 2.25. The lowest BCUT2D eigenvalue weighted by Crippen LogP contribution is -2.26. The summed E-state index contributed by atoms with van der Waals surface area (Å²) in [6.45, 7) is 7.10. The predicted molar refractivity (Wildman–Crippen MR) is 137 cm³/mol. The molecule has 3 rings (SSSR count). The second-order valence-electron chi connectivity index (χ2n) is 9.07. The maximum absolute atomic E-state index is 11.4. The van der Waals surface area contributed by atoms with E-state index >= 15 is 0 Å².